The van der Waals surface area contributed by atoms with E-state index in [0.717, 1.165) is 12.1 Å². The van der Waals surface area contributed by atoms with Gasteiger partial charge >= 0.3 is 6.18 Å². The molecule has 0 spiro atoms. The zero-order valence-corrected chi connectivity index (χ0v) is 15.2. The highest BCUT2D eigenvalue weighted by molar-refractivity contribution is 6.06. The molecule has 6 nitrogen and oxygen atoms in total. The summed E-state index contributed by atoms with van der Waals surface area (Å²) in [5, 5.41) is 2.41. The number of anilines is 1. The second-order valence-electron chi connectivity index (χ2n) is 6.41. The van der Waals surface area contributed by atoms with Crippen LogP contribution < -0.4 is 20.2 Å². The predicted octanol–water partition coefficient (Wildman–Crippen LogP) is 4.02. The van der Waals surface area contributed by atoms with Crippen molar-refractivity contribution in [1.82, 2.24) is 4.57 Å². The number of halogens is 3. The van der Waals surface area contributed by atoms with Crippen LogP contribution in [-0.2, 0) is 12.7 Å². The molecule has 0 saturated carbocycles. The number of pyridine rings is 1. The number of amides is 1. The maximum Gasteiger partial charge on any atom is 0.416 e. The number of fused-ring (bicyclic) bond motifs is 2. The fraction of sp³-hybridized carbons (Fsp3) is 0.200. The number of carbonyl (C=O) groups is 1. The molecule has 4 rings (SSSR count). The lowest BCUT2D eigenvalue weighted by atomic mass is 10.1. The molecular weight excluding hydrogens is 389 g/mol. The van der Waals surface area contributed by atoms with E-state index in [4.69, 9.17) is 9.47 Å². The molecule has 29 heavy (non-hydrogen) atoms. The molecule has 0 saturated heterocycles. The van der Waals surface area contributed by atoms with Crippen molar-refractivity contribution in [1.29, 1.82) is 0 Å². The molecule has 0 unspecified atom stereocenters. The van der Waals surface area contributed by atoms with E-state index in [0.29, 0.717) is 29.2 Å². The van der Waals surface area contributed by atoms with Gasteiger partial charge in [0.05, 0.1) is 11.1 Å². The molecule has 0 atom stereocenters. The third kappa shape index (κ3) is 3.39. The lowest BCUT2D eigenvalue weighted by molar-refractivity contribution is -0.137. The van der Waals surface area contributed by atoms with Crippen molar-refractivity contribution in [2.75, 3.05) is 12.1 Å². The number of ether oxygens (including phenoxy) is 2. The summed E-state index contributed by atoms with van der Waals surface area (Å²) in [6.45, 7) is 2.20. The highest BCUT2D eigenvalue weighted by Crippen LogP contribution is 2.34. The van der Waals surface area contributed by atoms with Crippen LogP contribution >= 0.6 is 0 Å². The Morgan fingerprint density at radius 2 is 1.90 bits per heavy atom. The third-order valence-electron chi connectivity index (χ3n) is 4.62. The number of benzene rings is 2. The summed E-state index contributed by atoms with van der Waals surface area (Å²) in [6.07, 6.45) is -3.25. The average Bonchev–Trinajstić information content (AvgIpc) is 3.15. The number of nitrogens with zero attached hydrogens (tertiary/aromatic N) is 1. The summed E-state index contributed by atoms with van der Waals surface area (Å²) in [6, 6.07) is 7.66. The van der Waals surface area contributed by atoms with Crippen LogP contribution in [0.1, 0.15) is 22.8 Å². The minimum Gasteiger partial charge on any atom is -0.454 e. The highest BCUT2D eigenvalue weighted by Gasteiger charge is 2.31. The van der Waals surface area contributed by atoms with Crippen molar-refractivity contribution in [3.63, 3.8) is 0 Å². The normalized spacial score (nSPS) is 13.0. The SMILES string of the molecule is CCn1cc(C(=O)Nc2ccc3c(c2)OCO3)c(=O)c2cc(C(F)(F)F)ccc21. The molecule has 1 aromatic heterocycles. The topological polar surface area (TPSA) is 69.6 Å². The molecule has 1 N–H and O–H groups in total. The Hall–Kier alpha value is -3.49. The van der Waals surface area contributed by atoms with Gasteiger partial charge in [-0.25, -0.2) is 0 Å². The van der Waals surface area contributed by atoms with E-state index in [1.165, 1.54) is 12.3 Å². The molecular formula is C20H15F3N2O4. The fourth-order valence-electron chi connectivity index (χ4n) is 3.17. The molecule has 0 fully saturated rings. The first-order valence-corrected chi connectivity index (χ1v) is 8.73. The van der Waals surface area contributed by atoms with Crippen LogP contribution in [0.5, 0.6) is 11.5 Å². The number of nitrogens with one attached hydrogen (secondary N) is 1. The third-order valence-corrected chi connectivity index (χ3v) is 4.62. The van der Waals surface area contributed by atoms with E-state index in [1.54, 1.807) is 29.7 Å². The van der Waals surface area contributed by atoms with Crippen molar-refractivity contribution >= 4 is 22.5 Å². The van der Waals surface area contributed by atoms with Crippen LogP contribution in [0.4, 0.5) is 18.9 Å². The summed E-state index contributed by atoms with van der Waals surface area (Å²) < 4.78 is 51.2. The van der Waals surface area contributed by atoms with Crippen molar-refractivity contribution < 1.29 is 27.4 Å². The number of carbonyl (C=O) groups excluding carboxylic acids is 1. The number of hydrogen-bond acceptors (Lipinski definition) is 4. The van der Waals surface area contributed by atoms with Crippen LogP contribution in [0.2, 0.25) is 0 Å². The van der Waals surface area contributed by atoms with Crippen molar-refractivity contribution in [2.45, 2.75) is 19.6 Å². The maximum atomic E-state index is 13.1. The summed E-state index contributed by atoms with van der Waals surface area (Å²) in [4.78, 5) is 25.5. The standard InChI is InChI=1S/C20H15F3N2O4/c1-2-25-9-14(18(26)13-7-11(20(21,22)23)3-5-15(13)25)19(27)24-12-4-6-16-17(8-12)29-10-28-16/h3-9H,2,10H2,1H3,(H,24,27). The Morgan fingerprint density at radius 1 is 1.14 bits per heavy atom. The second-order valence-corrected chi connectivity index (χ2v) is 6.41. The molecule has 0 radical (unpaired) electrons. The maximum absolute atomic E-state index is 13.1. The van der Waals surface area contributed by atoms with Gasteiger partial charge in [-0.2, -0.15) is 13.2 Å². The van der Waals surface area contributed by atoms with E-state index in [-0.39, 0.29) is 17.7 Å². The van der Waals surface area contributed by atoms with Gasteiger partial charge in [-0.15, -0.1) is 0 Å². The minimum atomic E-state index is -4.59. The number of hydrogen-bond donors (Lipinski definition) is 1. The van der Waals surface area contributed by atoms with Gasteiger partial charge in [-0.1, -0.05) is 0 Å². The molecule has 9 heteroatoms. The largest absolute Gasteiger partial charge is 0.454 e. The lowest BCUT2D eigenvalue weighted by Crippen LogP contribution is -2.24. The van der Waals surface area contributed by atoms with E-state index in [2.05, 4.69) is 5.32 Å². The van der Waals surface area contributed by atoms with Crippen LogP contribution in [-0.4, -0.2) is 17.3 Å². The van der Waals surface area contributed by atoms with Gasteiger partial charge < -0.3 is 19.4 Å². The number of rotatable bonds is 3. The molecule has 3 aromatic rings. The number of aromatic nitrogens is 1. The van der Waals surface area contributed by atoms with Crippen LogP contribution in [0.3, 0.4) is 0 Å². The number of alkyl halides is 3. The Balaban J connectivity index is 1.77. The number of aryl methyl sites for hydroxylation is 1. The van der Waals surface area contributed by atoms with Crippen molar-refractivity contribution in [3.05, 3.63) is 63.9 Å². The Morgan fingerprint density at radius 3 is 2.62 bits per heavy atom. The minimum absolute atomic E-state index is 0.0696. The molecule has 150 valence electrons. The smallest absolute Gasteiger partial charge is 0.416 e. The quantitative estimate of drug-likeness (QED) is 0.716. The van der Waals surface area contributed by atoms with Gasteiger partial charge in [-0.05, 0) is 37.3 Å². The van der Waals surface area contributed by atoms with Gasteiger partial charge in [0.2, 0.25) is 12.2 Å². The van der Waals surface area contributed by atoms with E-state index in [1.807, 2.05) is 0 Å². The Bertz CT molecular complexity index is 1180. The Labute approximate surface area is 162 Å². The summed E-state index contributed by atoms with van der Waals surface area (Å²) >= 11 is 0. The average molecular weight is 404 g/mol. The van der Waals surface area contributed by atoms with Gasteiger partial charge in [0.1, 0.15) is 5.56 Å². The van der Waals surface area contributed by atoms with Gasteiger partial charge in [0, 0.05) is 29.9 Å². The van der Waals surface area contributed by atoms with Crippen molar-refractivity contribution in [2.24, 2.45) is 0 Å². The molecule has 0 aliphatic carbocycles. The first-order valence-electron chi connectivity index (χ1n) is 8.73. The second kappa shape index (κ2) is 6.84. The summed E-state index contributed by atoms with van der Waals surface area (Å²) in [5.41, 5.74) is -1.28. The molecule has 1 aliphatic rings. The van der Waals surface area contributed by atoms with E-state index < -0.39 is 23.1 Å². The van der Waals surface area contributed by atoms with Gasteiger partial charge in [-0.3, -0.25) is 9.59 Å². The molecule has 2 aromatic carbocycles. The van der Waals surface area contributed by atoms with E-state index in [9.17, 15) is 22.8 Å². The summed E-state index contributed by atoms with van der Waals surface area (Å²) in [7, 11) is 0. The molecule has 1 amide bonds. The zero-order valence-electron chi connectivity index (χ0n) is 15.2. The lowest BCUT2D eigenvalue weighted by Gasteiger charge is -2.14. The predicted molar refractivity (Wildman–Crippen MR) is 99.4 cm³/mol. The zero-order chi connectivity index (χ0) is 20.8. The fourth-order valence-corrected chi connectivity index (χ4v) is 3.17. The van der Waals surface area contributed by atoms with Gasteiger partial charge in [0.25, 0.3) is 5.91 Å². The van der Waals surface area contributed by atoms with Crippen molar-refractivity contribution in [3.8, 4) is 11.5 Å². The first kappa shape index (κ1) is 18.9. The van der Waals surface area contributed by atoms with Crippen LogP contribution in [0.15, 0.2) is 47.4 Å². The molecule has 1 aliphatic heterocycles. The summed E-state index contributed by atoms with van der Waals surface area (Å²) in [5.74, 6) is 0.249. The molecule has 2 heterocycles. The first-order chi connectivity index (χ1) is 13.8. The van der Waals surface area contributed by atoms with E-state index >= 15 is 0 Å². The van der Waals surface area contributed by atoms with Crippen LogP contribution in [0.25, 0.3) is 10.9 Å². The Kier molecular flexibility index (Phi) is 4.45. The molecule has 0 bridgehead atoms. The monoisotopic (exact) mass is 404 g/mol. The van der Waals surface area contributed by atoms with Gasteiger partial charge in [0.15, 0.2) is 11.5 Å². The highest BCUT2D eigenvalue weighted by atomic mass is 19.4. The van der Waals surface area contributed by atoms with Crippen LogP contribution in [0, 0.1) is 0 Å².